The standard InChI is InChI=1S/C12H15F2NO4S/c1-7(2)3-4-19-12(16)9-5-8(20(15,17)18)6-10(13)11(9)14/h5-7H,3-4H2,1-2H3,(H2,15,17,18). The number of nitrogens with two attached hydrogens (primary N) is 1. The fourth-order valence-electron chi connectivity index (χ4n) is 1.34. The van der Waals surface area contributed by atoms with Crippen LogP contribution in [0, 0.1) is 17.6 Å². The van der Waals surface area contributed by atoms with Crippen LogP contribution in [-0.4, -0.2) is 21.0 Å². The maximum Gasteiger partial charge on any atom is 0.341 e. The molecule has 0 heterocycles. The van der Waals surface area contributed by atoms with Crippen molar-refractivity contribution < 1.29 is 26.7 Å². The van der Waals surface area contributed by atoms with Crippen LogP contribution in [0.4, 0.5) is 8.78 Å². The third-order valence-corrected chi connectivity index (χ3v) is 3.37. The van der Waals surface area contributed by atoms with Crippen LogP contribution in [-0.2, 0) is 14.8 Å². The number of sulfonamides is 1. The van der Waals surface area contributed by atoms with E-state index in [1.165, 1.54) is 0 Å². The molecule has 0 amide bonds. The summed E-state index contributed by atoms with van der Waals surface area (Å²) in [5.74, 6) is -3.81. The van der Waals surface area contributed by atoms with Crippen molar-refractivity contribution in [1.82, 2.24) is 0 Å². The van der Waals surface area contributed by atoms with Crippen molar-refractivity contribution in [2.24, 2.45) is 11.1 Å². The number of halogens is 2. The molecule has 0 spiro atoms. The van der Waals surface area contributed by atoms with Gasteiger partial charge >= 0.3 is 5.97 Å². The molecule has 2 N–H and O–H groups in total. The van der Waals surface area contributed by atoms with Gasteiger partial charge in [0.25, 0.3) is 0 Å². The molecule has 0 aromatic heterocycles. The van der Waals surface area contributed by atoms with E-state index in [9.17, 15) is 22.0 Å². The Hall–Kier alpha value is -1.54. The number of hydrogen-bond acceptors (Lipinski definition) is 4. The van der Waals surface area contributed by atoms with E-state index in [0.29, 0.717) is 18.6 Å². The number of esters is 1. The van der Waals surface area contributed by atoms with Gasteiger partial charge in [0.2, 0.25) is 10.0 Å². The minimum atomic E-state index is -4.25. The van der Waals surface area contributed by atoms with E-state index in [0.717, 1.165) is 0 Å². The van der Waals surface area contributed by atoms with E-state index in [4.69, 9.17) is 9.88 Å². The summed E-state index contributed by atoms with van der Waals surface area (Å²) >= 11 is 0. The van der Waals surface area contributed by atoms with Gasteiger partial charge in [-0.15, -0.1) is 0 Å². The SMILES string of the molecule is CC(C)CCOC(=O)c1cc(S(N)(=O)=O)cc(F)c1F. The summed E-state index contributed by atoms with van der Waals surface area (Å²) in [5.41, 5.74) is -0.794. The lowest BCUT2D eigenvalue weighted by Gasteiger charge is -2.09. The van der Waals surface area contributed by atoms with Crippen LogP contribution in [0.3, 0.4) is 0 Å². The summed E-state index contributed by atoms with van der Waals surface area (Å²) in [6.07, 6.45) is 0.546. The Balaban J connectivity index is 3.05. The average molecular weight is 307 g/mol. The van der Waals surface area contributed by atoms with E-state index < -0.39 is 38.1 Å². The molecule has 0 aliphatic carbocycles. The van der Waals surface area contributed by atoms with Crippen LogP contribution < -0.4 is 5.14 Å². The van der Waals surface area contributed by atoms with E-state index in [2.05, 4.69) is 0 Å². The molecular weight excluding hydrogens is 292 g/mol. The molecule has 0 saturated heterocycles. The zero-order valence-electron chi connectivity index (χ0n) is 11.0. The number of ether oxygens (including phenoxy) is 1. The Labute approximate surface area is 115 Å². The molecule has 0 saturated carbocycles. The Morgan fingerprint density at radius 3 is 2.45 bits per heavy atom. The van der Waals surface area contributed by atoms with Crippen LogP contribution in [0.15, 0.2) is 17.0 Å². The van der Waals surface area contributed by atoms with Crippen molar-refractivity contribution in [3.8, 4) is 0 Å². The minimum Gasteiger partial charge on any atom is -0.462 e. The lowest BCUT2D eigenvalue weighted by Crippen LogP contribution is -2.16. The molecule has 8 heteroatoms. The van der Waals surface area contributed by atoms with Crippen LogP contribution in [0.25, 0.3) is 0 Å². The molecule has 5 nitrogen and oxygen atoms in total. The first-order valence-corrected chi connectivity index (χ1v) is 7.36. The van der Waals surface area contributed by atoms with Gasteiger partial charge in [0.05, 0.1) is 17.1 Å². The van der Waals surface area contributed by atoms with E-state index in [-0.39, 0.29) is 12.5 Å². The summed E-state index contributed by atoms with van der Waals surface area (Å²) in [5, 5.41) is 4.82. The van der Waals surface area contributed by atoms with Gasteiger partial charge in [-0.2, -0.15) is 0 Å². The van der Waals surface area contributed by atoms with Gasteiger partial charge in [-0.05, 0) is 24.5 Å². The number of primary sulfonamides is 1. The lowest BCUT2D eigenvalue weighted by molar-refractivity contribution is 0.0481. The highest BCUT2D eigenvalue weighted by atomic mass is 32.2. The summed E-state index contributed by atoms with van der Waals surface area (Å²) in [6.45, 7) is 3.82. The molecular formula is C12H15F2NO4S. The molecule has 20 heavy (non-hydrogen) atoms. The fraction of sp³-hybridized carbons (Fsp3) is 0.417. The second-order valence-corrected chi connectivity index (χ2v) is 6.19. The molecule has 1 aromatic carbocycles. The largest absolute Gasteiger partial charge is 0.462 e. The first kappa shape index (κ1) is 16.5. The predicted octanol–water partition coefficient (Wildman–Crippen LogP) is 1.82. The Kier molecular flexibility index (Phi) is 5.18. The summed E-state index contributed by atoms with van der Waals surface area (Å²) in [4.78, 5) is 10.9. The number of hydrogen-bond donors (Lipinski definition) is 1. The van der Waals surface area contributed by atoms with Gasteiger partial charge in [0.1, 0.15) is 0 Å². The van der Waals surface area contributed by atoms with Crippen LogP contribution in [0.1, 0.15) is 30.6 Å². The monoisotopic (exact) mass is 307 g/mol. The Bertz CT molecular complexity index is 614. The first-order valence-electron chi connectivity index (χ1n) is 5.82. The number of rotatable bonds is 5. The maximum absolute atomic E-state index is 13.5. The normalized spacial score (nSPS) is 11.7. The van der Waals surface area contributed by atoms with Gasteiger partial charge in [0, 0.05) is 0 Å². The highest BCUT2D eigenvalue weighted by molar-refractivity contribution is 7.89. The molecule has 1 rings (SSSR count). The summed E-state index contributed by atoms with van der Waals surface area (Å²) < 4.78 is 53.8. The fourth-order valence-corrected chi connectivity index (χ4v) is 1.89. The molecule has 0 bridgehead atoms. The van der Waals surface area contributed by atoms with Crippen molar-refractivity contribution in [1.29, 1.82) is 0 Å². The maximum atomic E-state index is 13.5. The molecule has 0 radical (unpaired) electrons. The molecule has 0 aliphatic heterocycles. The van der Waals surface area contributed by atoms with Crippen molar-refractivity contribution in [2.45, 2.75) is 25.2 Å². The van der Waals surface area contributed by atoms with Crippen molar-refractivity contribution >= 4 is 16.0 Å². The molecule has 0 aliphatic rings. The highest BCUT2D eigenvalue weighted by Crippen LogP contribution is 2.19. The van der Waals surface area contributed by atoms with E-state index in [1.54, 1.807) is 0 Å². The van der Waals surface area contributed by atoms with Gasteiger partial charge < -0.3 is 4.74 Å². The molecule has 1 aromatic rings. The molecule has 112 valence electrons. The Morgan fingerprint density at radius 1 is 1.35 bits per heavy atom. The third kappa shape index (κ3) is 4.24. The summed E-state index contributed by atoms with van der Waals surface area (Å²) in [7, 11) is -4.25. The van der Waals surface area contributed by atoms with E-state index in [1.807, 2.05) is 13.8 Å². The van der Waals surface area contributed by atoms with Gasteiger partial charge in [-0.25, -0.2) is 27.1 Å². The highest BCUT2D eigenvalue weighted by Gasteiger charge is 2.22. The zero-order chi connectivity index (χ0) is 15.5. The average Bonchev–Trinajstić information content (AvgIpc) is 2.30. The van der Waals surface area contributed by atoms with Crippen molar-refractivity contribution in [2.75, 3.05) is 6.61 Å². The summed E-state index contributed by atoms with van der Waals surface area (Å²) in [6, 6.07) is 1.07. The molecule has 0 atom stereocenters. The second-order valence-electron chi connectivity index (χ2n) is 4.63. The van der Waals surface area contributed by atoms with Crippen molar-refractivity contribution in [3.05, 3.63) is 29.3 Å². The second kappa shape index (κ2) is 6.27. The van der Waals surface area contributed by atoms with E-state index >= 15 is 0 Å². The molecule has 0 unspecified atom stereocenters. The Morgan fingerprint density at radius 2 is 1.95 bits per heavy atom. The van der Waals surface area contributed by atoms with Crippen LogP contribution in [0.5, 0.6) is 0 Å². The third-order valence-electron chi connectivity index (χ3n) is 2.48. The lowest BCUT2D eigenvalue weighted by atomic mass is 10.1. The van der Waals surface area contributed by atoms with Crippen LogP contribution >= 0.6 is 0 Å². The number of benzene rings is 1. The quantitative estimate of drug-likeness (QED) is 0.841. The smallest absolute Gasteiger partial charge is 0.341 e. The topological polar surface area (TPSA) is 86.5 Å². The van der Waals surface area contributed by atoms with Crippen molar-refractivity contribution in [3.63, 3.8) is 0 Å². The molecule has 0 fully saturated rings. The predicted molar refractivity (Wildman–Crippen MR) is 67.5 cm³/mol. The zero-order valence-corrected chi connectivity index (χ0v) is 11.8. The first-order chi connectivity index (χ1) is 9.12. The van der Waals surface area contributed by atoms with Gasteiger partial charge in [-0.1, -0.05) is 13.8 Å². The van der Waals surface area contributed by atoms with Gasteiger partial charge in [-0.3, -0.25) is 0 Å². The van der Waals surface area contributed by atoms with Crippen LogP contribution in [0.2, 0.25) is 0 Å². The van der Waals surface area contributed by atoms with Gasteiger partial charge in [0.15, 0.2) is 11.6 Å². The number of carbonyl (C=O) groups is 1. The number of carbonyl (C=O) groups excluding carboxylic acids is 1. The minimum absolute atomic E-state index is 0.0250.